The van der Waals surface area contributed by atoms with Gasteiger partial charge in [-0.1, -0.05) is 30.3 Å². The van der Waals surface area contributed by atoms with Gasteiger partial charge in [0.2, 0.25) is 0 Å². The number of hydrogen-bond acceptors (Lipinski definition) is 2. The summed E-state index contributed by atoms with van der Waals surface area (Å²) in [6, 6.07) is 11.9. The number of aromatic carboxylic acids is 1. The maximum Gasteiger partial charge on any atom is 0.337 e. The van der Waals surface area contributed by atoms with E-state index in [9.17, 15) is 9.59 Å². The number of carboxylic acid groups (broad SMARTS) is 1. The Hall–Kier alpha value is -2.36. The van der Waals surface area contributed by atoms with E-state index in [1.165, 1.54) is 22.9 Å². The van der Waals surface area contributed by atoms with Crippen LogP contribution in [0.2, 0.25) is 0 Å². The van der Waals surface area contributed by atoms with Gasteiger partial charge in [0.15, 0.2) is 0 Å². The van der Waals surface area contributed by atoms with Gasteiger partial charge in [-0.25, -0.2) is 4.79 Å². The van der Waals surface area contributed by atoms with Crippen molar-refractivity contribution in [2.45, 2.75) is 13.0 Å². The molecule has 1 aromatic heterocycles. The summed E-state index contributed by atoms with van der Waals surface area (Å²) in [7, 11) is 0. The fourth-order valence-electron chi connectivity index (χ4n) is 1.82. The fraction of sp³-hybridized carbons (Fsp3) is 0.143. The first kappa shape index (κ1) is 12.1. The van der Waals surface area contributed by atoms with Crippen molar-refractivity contribution in [2.75, 3.05) is 0 Å². The molecule has 0 aliphatic rings. The number of aromatic nitrogens is 1. The van der Waals surface area contributed by atoms with Gasteiger partial charge < -0.3 is 9.67 Å². The average Bonchev–Trinajstić information content (AvgIpc) is 2.39. The SMILES string of the molecule is C[C@H](c1ccccc1)n1cc(C(=O)O)ccc1=O. The Bertz CT molecular complexity index is 616. The first-order valence-electron chi connectivity index (χ1n) is 5.60. The lowest BCUT2D eigenvalue weighted by atomic mass is 10.1. The monoisotopic (exact) mass is 243 g/mol. The molecule has 2 aromatic rings. The van der Waals surface area contributed by atoms with Crippen molar-refractivity contribution in [3.05, 3.63) is 70.1 Å². The van der Waals surface area contributed by atoms with Gasteiger partial charge in [0.25, 0.3) is 5.56 Å². The predicted molar refractivity (Wildman–Crippen MR) is 67.9 cm³/mol. The van der Waals surface area contributed by atoms with E-state index in [0.717, 1.165) is 5.56 Å². The minimum atomic E-state index is -1.04. The van der Waals surface area contributed by atoms with Crippen LogP contribution >= 0.6 is 0 Å². The molecule has 0 saturated carbocycles. The summed E-state index contributed by atoms with van der Waals surface area (Å²) in [5, 5.41) is 8.94. The number of rotatable bonds is 3. The molecule has 0 amide bonds. The molecule has 92 valence electrons. The molecule has 4 heteroatoms. The van der Waals surface area contributed by atoms with E-state index >= 15 is 0 Å². The number of nitrogens with zero attached hydrogens (tertiary/aromatic N) is 1. The number of carbonyl (C=O) groups is 1. The molecule has 0 aliphatic heterocycles. The molecule has 0 aliphatic carbocycles. The van der Waals surface area contributed by atoms with Crippen LogP contribution in [0.4, 0.5) is 0 Å². The van der Waals surface area contributed by atoms with Gasteiger partial charge >= 0.3 is 5.97 Å². The van der Waals surface area contributed by atoms with Gasteiger partial charge in [0.05, 0.1) is 11.6 Å². The van der Waals surface area contributed by atoms with E-state index in [-0.39, 0.29) is 17.2 Å². The largest absolute Gasteiger partial charge is 0.478 e. The highest BCUT2D eigenvalue weighted by Crippen LogP contribution is 2.15. The second-order valence-corrected chi connectivity index (χ2v) is 4.06. The third-order valence-corrected chi connectivity index (χ3v) is 2.88. The molecule has 2 rings (SSSR count). The highest BCUT2D eigenvalue weighted by atomic mass is 16.4. The Kier molecular flexibility index (Phi) is 3.28. The predicted octanol–water partition coefficient (Wildman–Crippen LogP) is 2.16. The van der Waals surface area contributed by atoms with Crippen molar-refractivity contribution >= 4 is 5.97 Å². The molecule has 0 unspecified atom stereocenters. The van der Waals surface area contributed by atoms with Crippen LogP contribution in [-0.2, 0) is 0 Å². The molecule has 0 spiro atoms. The van der Waals surface area contributed by atoms with Crippen LogP contribution in [0.5, 0.6) is 0 Å². The first-order valence-corrected chi connectivity index (χ1v) is 5.60. The van der Waals surface area contributed by atoms with Crippen molar-refractivity contribution in [3.8, 4) is 0 Å². The van der Waals surface area contributed by atoms with Gasteiger partial charge in [-0.05, 0) is 18.6 Å². The summed E-state index contributed by atoms with van der Waals surface area (Å²) >= 11 is 0. The zero-order valence-corrected chi connectivity index (χ0v) is 9.91. The lowest BCUT2D eigenvalue weighted by Crippen LogP contribution is -2.23. The molecule has 0 radical (unpaired) electrons. The molecule has 1 N–H and O–H groups in total. The summed E-state index contributed by atoms with van der Waals surface area (Å²) in [5.74, 6) is -1.04. The van der Waals surface area contributed by atoms with Crippen LogP contribution in [0.25, 0.3) is 0 Å². The Labute approximate surface area is 104 Å². The number of pyridine rings is 1. The smallest absolute Gasteiger partial charge is 0.337 e. The van der Waals surface area contributed by atoms with Gasteiger partial charge in [-0.3, -0.25) is 4.79 Å². The van der Waals surface area contributed by atoms with Crippen molar-refractivity contribution in [1.29, 1.82) is 0 Å². The maximum absolute atomic E-state index is 11.8. The molecule has 1 aromatic carbocycles. The molecule has 0 saturated heterocycles. The van der Waals surface area contributed by atoms with Crippen LogP contribution in [0, 0.1) is 0 Å². The lowest BCUT2D eigenvalue weighted by Gasteiger charge is -2.15. The van der Waals surface area contributed by atoms with Gasteiger partial charge in [-0.15, -0.1) is 0 Å². The Morgan fingerprint density at radius 2 is 1.83 bits per heavy atom. The molecule has 1 atom stereocenters. The van der Waals surface area contributed by atoms with E-state index in [1.54, 1.807) is 0 Å². The summed E-state index contributed by atoms with van der Waals surface area (Å²) in [6.45, 7) is 1.86. The minimum absolute atomic E-state index is 0.109. The fourth-order valence-corrected chi connectivity index (χ4v) is 1.82. The van der Waals surface area contributed by atoms with Crippen molar-refractivity contribution in [3.63, 3.8) is 0 Å². The highest BCUT2D eigenvalue weighted by Gasteiger charge is 2.11. The Balaban J connectivity index is 2.48. The van der Waals surface area contributed by atoms with E-state index in [1.807, 2.05) is 37.3 Å². The van der Waals surface area contributed by atoms with Crippen LogP contribution in [-0.4, -0.2) is 15.6 Å². The van der Waals surface area contributed by atoms with Gasteiger partial charge in [0.1, 0.15) is 0 Å². The number of hydrogen-bond donors (Lipinski definition) is 1. The first-order chi connectivity index (χ1) is 8.59. The maximum atomic E-state index is 11.8. The molecule has 0 fully saturated rings. The normalized spacial score (nSPS) is 12.1. The highest BCUT2D eigenvalue weighted by molar-refractivity contribution is 5.87. The van der Waals surface area contributed by atoms with Crippen LogP contribution < -0.4 is 5.56 Å². The van der Waals surface area contributed by atoms with Crippen LogP contribution in [0.1, 0.15) is 28.9 Å². The zero-order chi connectivity index (χ0) is 13.1. The number of benzene rings is 1. The van der Waals surface area contributed by atoms with Crippen molar-refractivity contribution < 1.29 is 9.90 Å². The summed E-state index contributed by atoms with van der Waals surface area (Å²) in [5.41, 5.74) is 0.857. The summed E-state index contributed by atoms with van der Waals surface area (Å²) in [4.78, 5) is 22.7. The van der Waals surface area contributed by atoms with E-state index < -0.39 is 5.97 Å². The zero-order valence-electron chi connectivity index (χ0n) is 9.91. The van der Waals surface area contributed by atoms with Gasteiger partial charge in [0, 0.05) is 12.3 Å². The minimum Gasteiger partial charge on any atom is -0.478 e. The topological polar surface area (TPSA) is 59.3 Å². The third-order valence-electron chi connectivity index (χ3n) is 2.88. The van der Waals surface area contributed by atoms with E-state index in [0.29, 0.717) is 0 Å². The second kappa shape index (κ2) is 4.87. The van der Waals surface area contributed by atoms with Gasteiger partial charge in [-0.2, -0.15) is 0 Å². The standard InChI is InChI=1S/C14H13NO3/c1-10(11-5-3-2-4-6-11)15-9-12(14(17)18)7-8-13(15)16/h2-10H,1H3,(H,17,18)/t10-/m1/s1. The van der Waals surface area contributed by atoms with Crippen molar-refractivity contribution in [2.24, 2.45) is 0 Å². The Morgan fingerprint density at radius 1 is 1.17 bits per heavy atom. The van der Waals surface area contributed by atoms with Crippen LogP contribution in [0.3, 0.4) is 0 Å². The summed E-state index contributed by atoms with van der Waals surface area (Å²) < 4.78 is 1.43. The second-order valence-electron chi connectivity index (χ2n) is 4.06. The molecule has 4 nitrogen and oxygen atoms in total. The average molecular weight is 243 g/mol. The van der Waals surface area contributed by atoms with E-state index in [2.05, 4.69) is 0 Å². The molecule has 1 heterocycles. The molecule has 0 bridgehead atoms. The quantitative estimate of drug-likeness (QED) is 0.898. The Morgan fingerprint density at radius 3 is 2.44 bits per heavy atom. The van der Waals surface area contributed by atoms with Crippen LogP contribution in [0.15, 0.2) is 53.5 Å². The summed E-state index contributed by atoms with van der Waals surface area (Å²) in [6.07, 6.45) is 1.38. The molecule has 18 heavy (non-hydrogen) atoms. The number of carboxylic acids is 1. The third kappa shape index (κ3) is 2.32. The van der Waals surface area contributed by atoms with E-state index in [4.69, 9.17) is 5.11 Å². The molecular weight excluding hydrogens is 230 g/mol. The lowest BCUT2D eigenvalue weighted by molar-refractivity contribution is 0.0695. The molecular formula is C14H13NO3. The van der Waals surface area contributed by atoms with Crippen molar-refractivity contribution in [1.82, 2.24) is 4.57 Å².